The van der Waals surface area contributed by atoms with E-state index in [1.165, 1.54) is 0 Å². The van der Waals surface area contributed by atoms with E-state index in [0.717, 1.165) is 32.5 Å². The van der Waals surface area contributed by atoms with Crippen LogP contribution >= 0.6 is 11.8 Å². The maximum absolute atomic E-state index is 12.3. The Balaban J connectivity index is 2.45. The van der Waals surface area contributed by atoms with Gasteiger partial charge in [-0.2, -0.15) is 11.8 Å². The molecule has 0 aromatic rings. The van der Waals surface area contributed by atoms with Crippen molar-refractivity contribution in [1.82, 2.24) is 10.2 Å². The Morgan fingerprint density at radius 1 is 1.37 bits per heavy atom. The summed E-state index contributed by atoms with van der Waals surface area (Å²) in [6.45, 7) is 10.1. The predicted molar refractivity (Wildman–Crippen MR) is 81.7 cm³/mol. The lowest BCUT2D eigenvalue weighted by atomic mass is 10.0. The molecule has 1 atom stereocenters. The van der Waals surface area contributed by atoms with Gasteiger partial charge in [-0.05, 0) is 26.0 Å². The van der Waals surface area contributed by atoms with Crippen LogP contribution in [0.1, 0.15) is 33.6 Å². The zero-order chi connectivity index (χ0) is 14.3. The van der Waals surface area contributed by atoms with Crippen LogP contribution in [-0.2, 0) is 9.53 Å². The molecule has 0 aromatic heterocycles. The highest BCUT2D eigenvalue weighted by atomic mass is 32.2. The van der Waals surface area contributed by atoms with Gasteiger partial charge in [0.2, 0.25) is 5.91 Å². The highest BCUT2D eigenvalue weighted by Crippen LogP contribution is 2.29. The average Bonchev–Trinajstić information content (AvgIpc) is 2.49. The third-order valence-corrected chi connectivity index (χ3v) is 5.73. The third kappa shape index (κ3) is 4.65. The van der Waals surface area contributed by atoms with Gasteiger partial charge in [0, 0.05) is 24.4 Å². The SMILES string of the molecule is CCC(CC)(CNC(C)C(=O)N1CCOCC1)SC. The summed E-state index contributed by atoms with van der Waals surface area (Å²) in [6, 6.07) is -0.109. The minimum absolute atomic E-state index is 0.109. The van der Waals surface area contributed by atoms with Crippen LogP contribution < -0.4 is 5.32 Å². The van der Waals surface area contributed by atoms with E-state index < -0.39 is 0 Å². The number of nitrogens with one attached hydrogen (secondary N) is 1. The number of nitrogens with zero attached hydrogens (tertiary/aromatic N) is 1. The van der Waals surface area contributed by atoms with E-state index in [4.69, 9.17) is 4.74 Å². The van der Waals surface area contributed by atoms with Gasteiger partial charge in [0.15, 0.2) is 0 Å². The van der Waals surface area contributed by atoms with E-state index in [9.17, 15) is 4.79 Å². The van der Waals surface area contributed by atoms with Crippen molar-refractivity contribution in [3.8, 4) is 0 Å². The minimum Gasteiger partial charge on any atom is -0.378 e. The molecule has 1 N–H and O–H groups in total. The number of carbonyl (C=O) groups is 1. The van der Waals surface area contributed by atoms with E-state index in [2.05, 4.69) is 25.4 Å². The van der Waals surface area contributed by atoms with Crippen molar-refractivity contribution in [3.05, 3.63) is 0 Å². The number of morpholine rings is 1. The molecule has 1 fully saturated rings. The summed E-state index contributed by atoms with van der Waals surface area (Å²) in [5.41, 5.74) is 0. The van der Waals surface area contributed by atoms with Crippen LogP contribution in [0, 0.1) is 0 Å². The summed E-state index contributed by atoms with van der Waals surface area (Å²) in [6.07, 6.45) is 4.40. The predicted octanol–water partition coefficient (Wildman–Crippen LogP) is 1.75. The van der Waals surface area contributed by atoms with Gasteiger partial charge in [-0.15, -0.1) is 0 Å². The van der Waals surface area contributed by atoms with Crippen molar-refractivity contribution in [2.45, 2.75) is 44.4 Å². The van der Waals surface area contributed by atoms with Crippen molar-refractivity contribution >= 4 is 17.7 Å². The largest absolute Gasteiger partial charge is 0.378 e. The Labute approximate surface area is 121 Å². The van der Waals surface area contributed by atoms with Gasteiger partial charge >= 0.3 is 0 Å². The molecule has 0 radical (unpaired) electrons. The van der Waals surface area contributed by atoms with Crippen LogP contribution in [0.25, 0.3) is 0 Å². The van der Waals surface area contributed by atoms with Gasteiger partial charge in [-0.25, -0.2) is 0 Å². The van der Waals surface area contributed by atoms with Gasteiger partial charge < -0.3 is 15.0 Å². The molecule has 5 heteroatoms. The molecule has 1 aliphatic rings. The van der Waals surface area contributed by atoms with Gasteiger partial charge in [-0.1, -0.05) is 13.8 Å². The molecule has 19 heavy (non-hydrogen) atoms. The second kappa shape index (κ2) is 8.12. The maximum atomic E-state index is 12.3. The zero-order valence-electron chi connectivity index (χ0n) is 12.7. The van der Waals surface area contributed by atoms with Crippen LogP contribution in [0.15, 0.2) is 0 Å². The molecule has 0 aliphatic carbocycles. The second-order valence-corrected chi connectivity index (χ2v) is 6.41. The highest BCUT2D eigenvalue weighted by Gasteiger charge is 2.28. The minimum atomic E-state index is -0.109. The summed E-state index contributed by atoms with van der Waals surface area (Å²) >= 11 is 1.90. The van der Waals surface area contributed by atoms with Crippen LogP contribution in [0.3, 0.4) is 0 Å². The first-order valence-corrected chi connectivity index (χ1v) is 8.46. The number of thioether (sulfide) groups is 1. The van der Waals surface area contributed by atoms with Crippen LogP contribution in [0.5, 0.6) is 0 Å². The fourth-order valence-electron chi connectivity index (χ4n) is 2.34. The molecule has 1 heterocycles. The molecular formula is C14H28N2O2S. The molecular weight excluding hydrogens is 260 g/mol. The van der Waals surface area contributed by atoms with Gasteiger partial charge in [0.1, 0.15) is 0 Å². The Morgan fingerprint density at radius 2 is 1.95 bits per heavy atom. The first-order valence-electron chi connectivity index (χ1n) is 7.23. The molecule has 0 spiro atoms. The van der Waals surface area contributed by atoms with Gasteiger partial charge in [-0.3, -0.25) is 4.79 Å². The Morgan fingerprint density at radius 3 is 2.42 bits per heavy atom. The normalized spacial score (nSPS) is 18.4. The number of rotatable bonds is 7. The van der Waals surface area contributed by atoms with Gasteiger partial charge in [0.05, 0.1) is 19.3 Å². The number of amides is 1. The van der Waals surface area contributed by atoms with Crippen molar-refractivity contribution in [2.75, 3.05) is 39.1 Å². The lowest BCUT2D eigenvalue weighted by Gasteiger charge is -2.33. The monoisotopic (exact) mass is 288 g/mol. The molecule has 1 saturated heterocycles. The smallest absolute Gasteiger partial charge is 0.239 e. The lowest BCUT2D eigenvalue weighted by molar-refractivity contribution is -0.137. The van der Waals surface area contributed by atoms with E-state index in [0.29, 0.717) is 13.2 Å². The summed E-state index contributed by atoms with van der Waals surface area (Å²) in [5, 5.41) is 3.42. The maximum Gasteiger partial charge on any atom is 0.239 e. The molecule has 0 aromatic carbocycles. The summed E-state index contributed by atoms with van der Waals surface area (Å²) < 4.78 is 5.53. The fourth-order valence-corrected chi connectivity index (χ4v) is 3.15. The Bertz CT molecular complexity index is 268. The fraction of sp³-hybridized carbons (Fsp3) is 0.929. The zero-order valence-corrected chi connectivity index (χ0v) is 13.5. The molecule has 1 rings (SSSR count). The average molecular weight is 288 g/mol. The molecule has 1 unspecified atom stereocenters. The summed E-state index contributed by atoms with van der Waals surface area (Å²) in [4.78, 5) is 14.2. The first-order chi connectivity index (χ1) is 9.08. The van der Waals surface area contributed by atoms with Crippen molar-refractivity contribution in [2.24, 2.45) is 0 Å². The van der Waals surface area contributed by atoms with Crippen LogP contribution in [-0.4, -0.2) is 60.7 Å². The van der Waals surface area contributed by atoms with E-state index in [1.54, 1.807) is 0 Å². The van der Waals surface area contributed by atoms with Crippen molar-refractivity contribution < 1.29 is 9.53 Å². The topological polar surface area (TPSA) is 41.6 Å². The Kier molecular flexibility index (Phi) is 7.18. The van der Waals surface area contributed by atoms with Gasteiger partial charge in [0.25, 0.3) is 0 Å². The molecule has 1 amide bonds. The van der Waals surface area contributed by atoms with E-state index in [-0.39, 0.29) is 16.7 Å². The number of hydrogen-bond donors (Lipinski definition) is 1. The van der Waals surface area contributed by atoms with Crippen molar-refractivity contribution in [3.63, 3.8) is 0 Å². The first kappa shape index (κ1) is 16.8. The number of ether oxygens (including phenoxy) is 1. The van der Waals surface area contributed by atoms with E-state index in [1.807, 2.05) is 23.6 Å². The van der Waals surface area contributed by atoms with Crippen LogP contribution in [0.2, 0.25) is 0 Å². The standard InChI is InChI=1S/C14H28N2O2S/c1-5-14(6-2,19-4)11-15-12(3)13(17)16-7-9-18-10-8-16/h12,15H,5-11H2,1-4H3. The summed E-state index contributed by atoms with van der Waals surface area (Å²) in [5.74, 6) is 0.200. The quantitative estimate of drug-likeness (QED) is 0.775. The molecule has 1 aliphatic heterocycles. The molecule has 0 bridgehead atoms. The molecule has 0 saturated carbocycles. The Hall–Kier alpha value is -0.260. The highest BCUT2D eigenvalue weighted by molar-refractivity contribution is 8.00. The molecule has 4 nitrogen and oxygen atoms in total. The number of hydrogen-bond acceptors (Lipinski definition) is 4. The number of carbonyl (C=O) groups excluding carboxylic acids is 1. The third-order valence-electron chi connectivity index (χ3n) is 4.15. The van der Waals surface area contributed by atoms with Crippen LogP contribution in [0.4, 0.5) is 0 Å². The lowest BCUT2D eigenvalue weighted by Crippen LogP contribution is -2.51. The van der Waals surface area contributed by atoms with E-state index >= 15 is 0 Å². The summed E-state index contributed by atoms with van der Waals surface area (Å²) in [7, 11) is 0. The van der Waals surface area contributed by atoms with Crippen molar-refractivity contribution in [1.29, 1.82) is 0 Å². The second-order valence-electron chi connectivity index (χ2n) is 5.13. The molecule has 112 valence electrons.